The molecule has 126 valence electrons. The highest BCUT2D eigenvalue weighted by atomic mass is 32.2. The molecule has 0 aliphatic heterocycles. The van der Waals surface area contributed by atoms with Gasteiger partial charge in [0.1, 0.15) is 30.4 Å². The lowest BCUT2D eigenvalue weighted by Gasteiger charge is -2.18. The maximum atomic E-state index is 11.3. The molecule has 0 unspecified atom stereocenters. The minimum atomic E-state index is -5.24. The van der Waals surface area contributed by atoms with E-state index in [1.807, 2.05) is 0 Å². The molecule has 2 rings (SSSR count). The van der Waals surface area contributed by atoms with Crippen LogP contribution in [0.2, 0.25) is 0 Å². The van der Waals surface area contributed by atoms with Gasteiger partial charge in [0.2, 0.25) is 0 Å². The number of nitrogens with two attached hydrogens (primary N) is 1. The van der Waals surface area contributed by atoms with Gasteiger partial charge < -0.3 is 19.4 Å². The van der Waals surface area contributed by atoms with Gasteiger partial charge in [-0.2, -0.15) is 0 Å². The third kappa shape index (κ3) is 3.44. The fourth-order valence-corrected chi connectivity index (χ4v) is 3.85. The molecule has 0 aliphatic carbocycles. The highest BCUT2D eigenvalue weighted by Gasteiger charge is 2.17. The molecular weight excluding hydrogens is 374 g/mol. The third-order valence-electron chi connectivity index (χ3n) is 2.84. The second-order valence-corrected chi connectivity index (χ2v) is 8.50. The lowest BCUT2D eigenvalue weighted by Crippen LogP contribution is -2.07. The van der Waals surface area contributed by atoms with Crippen molar-refractivity contribution in [3.63, 3.8) is 0 Å². The van der Waals surface area contributed by atoms with Crippen LogP contribution in [-0.4, -0.2) is 38.9 Å². The van der Waals surface area contributed by atoms with Crippen LogP contribution >= 0.6 is 0 Å². The summed E-state index contributed by atoms with van der Waals surface area (Å²) in [6.45, 7) is 0. The van der Waals surface area contributed by atoms with Crippen LogP contribution in [0.5, 0.6) is 0 Å². The van der Waals surface area contributed by atoms with E-state index < -0.39 is 61.5 Å². The summed E-state index contributed by atoms with van der Waals surface area (Å²) < 4.78 is 100. The highest BCUT2D eigenvalue weighted by molar-refractivity contribution is 7.87. The molecule has 0 fully saturated rings. The highest BCUT2D eigenvalue weighted by Crippen LogP contribution is 2.33. The molecule has 0 aliphatic rings. The first-order valence-electron chi connectivity index (χ1n) is 5.46. The van der Waals surface area contributed by atoms with Crippen LogP contribution in [0.1, 0.15) is 0 Å². The van der Waals surface area contributed by atoms with E-state index in [1.54, 1.807) is 0 Å². The van der Waals surface area contributed by atoms with Crippen LogP contribution in [0.3, 0.4) is 0 Å². The molecule has 0 saturated carbocycles. The average molecular weight is 380 g/mol. The Kier molecular flexibility index (Phi) is 3.91. The summed E-state index contributed by atoms with van der Waals surface area (Å²) in [6.07, 6.45) is 0. The Hall–Kier alpha value is -1.77. The Balaban J connectivity index is 3.12. The van der Waals surface area contributed by atoms with Gasteiger partial charge in [-0.15, -0.1) is 0 Å². The van der Waals surface area contributed by atoms with Crippen LogP contribution in [0.15, 0.2) is 39.0 Å². The smallest absolute Gasteiger partial charge is 0.125 e. The lowest BCUT2D eigenvalue weighted by atomic mass is 10.1. The van der Waals surface area contributed by atoms with Crippen molar-refractivity contribution in [2.75, 3.05) is 5.73 Å². The molecule has 2 aromatic carbocycles. The Morgan fingerprint density at radius 2 is 1.13 bits per heavy atom. The molecule has 0 saturated heterocycles. The number of anilines is 1. The molecule has 10 nitrogen and oxygen atoms in total. The summed E-state index contributed by atoms with van der Waals surface area (Å²) in [6, 6.07) is 2.20. The molecular formula is C10H6NO9S3-3. The molecule has 0 spiro atoms. The van der Waals surface area contributed by atoms with E-state index in [2.05, 4.69) is 0 Å². The predicted octanol–water partition coefficient (Wildman–Crippen LogP) is -0.866. The summed E-state index contributed by atoms with van der Waals surface area (Å²) in [5.41, 5.74) is 4.92. The molecule has 0 amide bonds. The van der Waals surface area contributed by atoms with E-state index in [0.717, 1.165) is 0 Å². The second kappa shape index (κ2) is 5.12. The summed E-state index contributed by atoms with van der Waals surface area (Å²) in [5.74, 6) is 0. The van der Waals surface area contributed by atoms with Crippen molar-refractivity contribution in [1.82, 2.24) is 0 Å². The Labute approximate surface area is 130 Å². The number of fused-ring (bicyclic) bond motifs is 1. The first-order valence-corrected chi connectivity index (χ1v) is 9.69. The van der Waals surface area contributed by atoms with E-state index in [4.69, 9.17) is 5.73 Å². The molecule has 0 atom stereocenters. The molecule has 0 aromatic heterocycles. The number of benzene rings is 2. The number of hydrogen-bond acceptors (Lipinski definition) is 10. The lowest BCUT2D eigenvalue weighted by molar-refractivity contribution is 0.460. The zero-order valence-electron chi connectivity index (χ0n) is 10.8. The minimum absolute atomic E-state index is 0.328. The van der Waals surface area contributed by atoms with Crippen molar-refractivity contribution in [2.45, 2.75) is 14.7 Å². The number of hydrogen-bond donors (Lipinski definition) is 1. The van der Waals surface area contributed by atoms with Crippen molar-refractivity contribution < 1.29 is 38.9 Å². The summed E-state index contributed by atoms with van der Waals surface area (Å²) in [4.78, 5) is -3.08. The first-order chi connectivity index (χ1) is 10.2. The van der Waals surface area contributed by atoms with Gasteiger partial charge in [0.15, 0.2) is 0 Å². The predicted molar refractivity (Wildman–Crippen MR) is 72.3 cm³/mol. The standard InChI is InChI=1S/C10H9NO9S3/c11-8-3-6(21(12,13)14)1-5-2-7(22(15,16)17)4-9(10(5)8)23(18,19)20/h1-4H,11H2,(H,12,13,14)(H,15,16,17)(H,18,19,20)/p-3. The van der Waals surface area contributed by atoms with Gasteiger partial charge in [0.25, 0.3) is 0 Å². The zero-order chi connectivity index (χ0) is 17.8. The summed E-state index contributed by atoms with van der Waals surface area (Å²) in [5, 5.41) is -0.953. The Morgan fingerprint density at radius 3 is 1.52 bits per heavy atom. The van der Waals surface area contributed by atoms with Crippen molar-refractivity contribution >= 4 is 46.8 Å². The van der Waals surface area contributed by atoms with Gasteiger partial charge in [-0.1, -0.05) is 0 Å². The van der Waals surface area contributed by atoms with Crippen LogP contribution in [0.25, 0.3) is 10.8 Å². The monoisotopic (exact) mass is 380 g/mol. The van der Waals surface area contributed by atoms with Gasteiger partial charge in [-0.25, -0.2) is 25.3 Å². The first kappa shape index (κ1) is 17.6. The van der Waals surface area contributed by atoms with Crippen LogP contribution in [-0.2, 0) is 30.4 Å². The van der Waals surface area contributed by atoms with Gasteiger partial charge in [0, 0.05) is 11.1 Å². The third-order valence-corrected chi connectivity index (χ3v) is 5.32. The maximum absolute atomic E-state index is 11.3. The summed E-state index contributed by atoms with van der Waals surface area (Å²) >= 11 is 0. The topological polar surface area (TPSA) is 198 Å². The van der Waals surface area contributed by atoms with E-state index in [0.29, 0.717) is 24.3 Å². The molecule has 0 heterocycles. The normalized spacial score (nSPS) is 13.3. The molecule has 23 heavy (non-hydrogen) atoms. The fraction of sp³-hybridized carbons (Fsp3) is 0. The van der Waals surface area contributed by atoms with Crippen molar-refractivity contribution in [3.8, 4) is 0 Å². The van der Waals surface area contributed by atoms with Gasteiger partial charge in [-0.05, 0) is 29.7 Å². The van der Waals surface area contributed by atoms with Crippen molar-refractivity contribution in [3.05, 3.63) is 24.3 Å². The number of nitrogen functional groups attached to an aromatic ring is 1. The van der Waals surface area contributed by atoms with Crippen molar-refractivity contribution in [2.24, 2.45) is 0 Å². The molecule has 2 N–H and O–H groups in total. The van der Waals surface area contributed by atoms with E-state index in [1.165, 1.54) is 0 Å². The minimum Gasteiger partial charge on any atom is -0.744 e. The van der Waals surface area contributed by atoms with Crippen LogP contribution in [0, 0.1) is 0 Å². The SMILES string of the molecule is Nc1cc(S(=O)(=O)[O-])cc2cc(S(=O)(=O)[O-])cc(S(=O)(=O)[O-])c12. The van der Waals surface area contributed by atoms with Crippen molar-refractivity contribution in [1.29, 1.82) is 0 Å². The summed E-state index contributed by atoms with van der Waals surface area (Å²) in [7, 11) is -15.4. The largest absolute Gasteiger partial charge is 0.744 e. The van der Waals surface area contributed by atoms with E-state index >= 15 is 0 Å². The zero-order valence-corrected chi connectivity index (χ0v) is 13.2. The van der Waals surface area contributed by atoms with Gasteiger partial charge in [-0.3, -0.25) is 0 Å². The van der Waals surface area contributed by atoms with Gasteiger partial charge >= 0.3 is 0 Å². The van der Waals surface area contributed by atoms with Crippen LogP contribution < -0.4 is 5.73 Å². The molecule has 0 bridgehead atoms. The average Bonchev–Trinajstić information content (AvgIpc) is 2.33. The van der Waals surface area contributed by atoms with E-state index in [-0.39, 0.29) is 0 Å². The van der Waals surface area contributed by atoms with Crippen LogP contribution in [0.4, 0.5) is 5.69 Å². The van der Waals surface area contributed by atoms with Gasteiger partial charge in [0.05, 0.1) is 14.7 Å². The fourth-order valence-electron chi connectivity index (χ4n) is 1.94. The molecule has 0 radical (unpaired) electrons. The Morgan fingerprint density at radius 1 is 0.696 bits per heavy atom. The maximum Gasteiger partial charge on any atom is 0.125 e. The molecule has 2 aromatic rings. The quantitative estimate of drug-likeness (QED) is 0.516. The Bertz CT molecular complexity index is 1130. The number of rotatable bonds is 3. The molecule has 13 heteroatoms. The van der Waals surface area contributed by atoms with E-state index in [9.17, 15) is 38.9 Å². The second-order valence-electron chi connectivity index (χ2n) is 4.39.